The highest BCUT2D eigenvalue weighted by Gasteiger charge is 2.40. The fraction of sp³-hybridized carbons (Fsp3) is 0.296. The smallest absolute Gasteiger partial charge is 0.261 e. The van der Waals surface area contributed by atoms with E-state index in [-0.39, 0.29) is 28.7 Å². The molecular formula is C27H29N3O3S. The topological polar surface area (TPSA) is 87.3 Å². The summed E-state index contributed by atoms with van der Waals surface area (Å²) in [4.78, 5) is 11.9. The van der Waals surface area contributed by atoms with E-state index < -0.39 is 10.0 Å². The van der Waals surface area contributed by atoms with Gasteiger partial charge in [0.05, 0.1) is 10.9 Å². The normalized spacial score (nSPS) is 21.3. The van der Waals surface area contributed by atoms with Crippen molar-refractivity contribution in [2.24, 2.45) is 5.92 Å². The van der Waals surface area contributed by atoms with E-state index in [1.54, 1.807) is 25.1 Å². The van der Waals surface area contributed by atoms with E-state index in [4.69, 9.17) is 0 Å². The Labute approximate surface area is 200 Å². The number of carbonyl (C=O) groups is 1. The number of hydrogen-bond donors (Lipinski definition) is 3. The average molecular weight is 476 g/mol. The number of Topliss-reactive ketones (excluding diaryl/α,β-unsaturated/α-hetero) is 1. The monoisotopic (exact) mass is 475 g/mol. The Morgan fingerprint density at radius 3 is 2.41 bits per heavy atom. The van der Waals surface area contributed by atoms with Gasteiger partial charge < -0.3 is 10.6 Å². The highest BCUT2D eigenvalue weighted by molar-refractivity contribution is 7.92. The first-order valence-corrected chi connectivity index (χ1v) is 13.1. The molecule has 0 bridgehead atoms. The molecule has 6 nitrogen and oxygen atoms in total. The quantitative estimate of drug-likeness (QED) is 0.446. The Hall–Kier alpha value is -3.16. The molecule has 1 fully saturated rings. The molecule has 0 aliphatic carbocycles. The van der Waals surface area contributed by atoms with Crippen molar-refractivity contribution in [3.8, 4) is 0 Å². The lowest BCUT2D eigenvalue weighted by Crippen LogP contribution is -2.32. The number of rotatable bonds is 5. The lowest BCUT2D eigenvalue weighted by atomic mass is 9.80. The Morgan fingerprint density at radius 2 is 1.71 bits per heavy atom. The first kappa shape index (κ1) is 22.6. The molecule has 5 rings (SSSR count). The van der Waals surface area contributed by atoms with Gasteiger partial charge in [0, 0.05) is 28.9 Å². The Morgan fingerprint density at radius 1 is 0.941 bits per heavy atom. The van der Waals surface area contributed by atoms with Gasteiger partial charge in [0.25, 0.3) is 10.0 Å². The van der Waals surface area contributed by atoms with Crippen molar-refractivity contribution >= 4 is 27.2 Å². The third kappa shape index (κ3) is 4.10. The van der Waals surface area contributed by atoms with Crippen molar-refractivity contribution in [2.75, 3.05) is 16.6 Å². The zero-order chi connectivity index (χ0) is 24.0. The number of fused-ring (bicyclic) bond motifs is 3. The summed E-state index contributed by atoms with van der Waals surface area (Å²) in [5, 5.41) is 7.21. The number of anilines is 2. The minimum absolute atomic E-state index is 0.0528. The van der Waals surface area contributed by atoms with Crippen LogP contribution in [-0.2, 0) is 10.0 Å². The van der Waals surface area contributed by atoms with Gasteiger partial charge in [0.1, 0.15) is 0 Å². The summed E-state index contributed by atoms with van der Waals surface area (Å²) in [7, 11) is -3.72. The van der Waals surface area contributed by atoms with Crippen LogP contribution >= 0.6 is 0 Å². The fourth-order valence-electron chi connectivity index (χ4n) is 5.07. The average Bonchev–Trinajstić information content (AvgIpc) is 3.31. The standard InChI is InChI=1S/C27H29N3O3S/c1-16-4-9-21(14-17(16)2)30-34(32,33)22-10-11-25-24(15-22)27-23(12-13-28-27)26(29-25)20-7-5-19(6-8-20)18(3)31/h4-11,14-15,23,26-30H,12-13H2,1-3H3/t23-,26+,27-/m0/s1. The Bertz CT molecular complexity index is 1370. The number of aryl methyl sites for hydroxylation is 2. The Balaban J connectivity index is 1.45. The molecule has 1 saturated heterocycles. The number of carbonyl (C=O) groups excluding carboxylic acids is 1. The maximum atomic E-state index is 13.2. The number of ketones is 1. The molecule has 3 aromatic carbocycles. The minimum Gasteiger partial charge on any atom is -0.378 e. The third-order valence-corrected chi connectivity index (χ3v) is 8.49. The van der Waals surface area contributed by atoms with Gasteiger partial charge in [0.15, 0.2) is 5.78 Å². The van der Waals surface area contributed by atoms with Crippen molar-refractivity contribution in [2.45, 2.75) is 44.2 Å². The number of nitrogens with one attached hydrogen (secondary N) is 3. The van der Waals surface area contributed by atoms with Gasteiger partial charge in [0.2, 0.25) is 0 Å². The maximum Gasteiger partial charge on any atom is 0.261 e. The van der Waals surface area contributed by atoms with Crippen LogP contribution in [0.4, 0.5) is 11.4 Å². The summed E-state index contributed by atoms with van der Waals surface area (Å²) in [5.74, 6) is 0.332. The van der Waals surface area contributed by atoms with Crippen molar-refractivity contribution < 1.29 is 13.2 Å². The molecule has 0 unspecified atom stereocenters. The molecule has 0 aromatic heterocycles. The van der Waals surface area contributed by atoms with Crippen molar-refractivity contribution in [1.29, 1.82) is 0 Å². The van der Waals surface area contributed by atoms with E-state index in [0.717, 1.165) is 40.9 Å². The second kappa shape index (κ2) is 8.56. The highest BCUT2D eigenvalue weighted by Crippen LogP contribution is 2.47. The first-order chi connectivity index (χ1) is 16.2. The van der Waals surface area contributed by atoms with Gasteiger partial charge in [-0.25, -0.2) is 8.42 Å². The van der Waals surface area contributed by atoms with Crippen LogP contribution in [0, 0.1) is 19.8 Å². The van der Waals surface area contributed by atoms with E-state index in [1.165, 1.54) is 0 Å². The largest absolute Gasteiger partial charge is 0.378 e. The van der Waals surface area contributed by atoms with Crippen LogP contribution in [0.1, 0.15) is 58.0 Å². The highest BCUT2D eigenvalue weighted by atomic mass is 32.2. The van der Waals surface area contributed by atoms with Gasteiger partial charge in [-0.15, -0.1) is 0 Å². The van der Waals surface area contributed by atoms with Crippen LogP contribution in [0.3, 0.4) is 0 Å². The van der Waals surface area contributed by atoms with E-state index >= 15 is 0 Å². The molecule has 0 spiro atoms. The van der Waals surface area contributed by atoms with Gasteiger partial charge in [-0.05, 0) is 86.3 Å². The van der Waals surface area contributed by atoms with Gasteiger partial charge in [-0.2, -0.15) is 0 Å². The van der Waals surface area contributed by atoms with Gasteiger partial charge in [-0.3, -0.25) is 9.52 Å². The molecule has 7 heteroatoms. The van der Waals surface area contributed by atoms with E-state index in [0.29, 0.717) is 11.3 Å². The summed E-state index contributed by atoms with van der Waals surface area (Å²) in [6.07, 6.45) is 0.980. The zero-order valence-corrected chi connectivity index (χ0v) is 20.4. The first-order valence-electron chi connectivity index (χ1n) is 11.6. The molecule has 3 atom stereocenters. The maximum absolute atomic E-state index is 13.2. The van der Waals surface area contributed by atoms with Gasteiger partial charge in [-0.1, -0.05) is 30.3 Å². The van der Waals surface area contributed by atoms with Crippen LogP contribution < -0.4 is 15.4 Å². The summed E-state index contributed by atoms with van der Waals surface area (Å²) in [6.45, 7) is 6.41. The van der Waals surface area contributed by atoms with E-state index in [1.807, 2.05) is 56.3 Å². The number of benzene rings is 3. The molecule has 34 heavy (non-hydrogen) atoms. The fourth-order valence-corrected chi connectivity index (χ4v) is 6.15. The summed E-state index contributed by atoms with van der Waals surface area (Å²) in [5.41, 5.74) is 6.45. The van der Waals surface area contributed by atoms with Gasteiger partial charge >= 0.3 is 0 Å². The van der Waals surface area contributed by atoms with Crippen LogP contribution in [0.5, 0.6) is 0 Å². The second-order valence-electron chi connectivity index (χ2n) is 9.34. The molecule has 2 heterocycles. The predicted octanol–water partition coefficient (Wildman–Crippen LogP) is 5.12. The van der Waals surface area contributed by atoms with Crippen LogP contribution in [0.25, 0.3) is 0 Å². The SMILES string of the molecule is CC(=O)c1ccc([C@H]2Nc3ccc(S(=O)(=O)Nc4ccc(C)c(C)c4)cc3[C@H]3NCC[C@@H]23)cc1. The van der Waals surface area contributed by atoms with Crippen LogP contribution in [0.2, 0.25) is 0 Å². The number of sulfonamides is 1. The molecule has 3 N–H and O–H groups in total. The molecule has 2 aliphatic rings. The lowest BCUT2D eigenvalue weighted by molar-refractivity contribution is 0.101. The van der Waals surface area contributed by atoms with E-state index in [2.05, 4.69) is 15.4 Å². The Kier molecular flexibility index (Phi) is 5.70. The van der Waals surface area contributed by atoms with Crippen LogP contribution in [-0.4, -0.2) is 20.7 Å². The van der Waals surface area contributed by atoms with Crippen molar-refractivity contribution in [1.82, 2.24) is 5.32 Å². The summed E-state index contributed by atoms with van der Waals surface area (Å²) in [6, 6.07) is 18.8. The molecule has 0 radical (unpaired) electrons. The summed E-state index contributed by atoms with van der Waals surface area (Å²) < 4.78 is 29.1. The third-order valence-electron chi connectivity index (χ3n) is 7.11. The molecule has 3 aromatic rings. The second-order valence-corrected chi connectivity index (χ2v) is 11.0. The minimum atomic E-state index is -3.72. The number of hydrogen-bond acceptors (Lipinski definition) is 5. The zero-order valence-electron chi connectivity index (χ0n) is 19.6. The molecule has 0 amide bonds. The lowest BCUT2D eigenvalue weighted by Gasteiger charge is -2.37. The predicted molar refractivity (Wildman–Crippen MR) is 135 cm³/mol. The van der Waals surface area contributed by atoms with Crippen LogP contribution in [0.15, 0.2) is 65.6 Å². The summed E-state index contributed by atoms with van der Waals surface area (Å²) >= 11 is 0. The van der Waals surface area contributed by atoms with Crippen molar-refractivity contribution in [3.63, 3.8) is 0 Å². The molecule has 0 saturated carbocycles. The van der Waals surface area contributed by atoms with E-state index in [9.17, 15) is 13.2 Å². The molecule has 2 aliphatic heterocycles. The molecular weight excluding hydrogens is 446 g/mol. The van der Waals surface area contributed by atoms with Crippen molar-refractivity contribution in [3.05, 3.63) is 88.5 Å². The molecule has 176 valence electrons.